The summed E-state index contributed by atoms with van der Waals surface area (Å²) >= 11 is 0. The van der Waals surface area contributed by atoms with Crippen LogP contribution in [0, 0.1) is 0 Å². The van der Waals surface area contributed by atoms with Gasteiger partial charge < -0.3 is 19.2 Å². The molecule has 0 aliphatic carbocycles. The largest absolute Gasteiger partial charge is 0.488 e. The number of rotatable bonds is 8. The van der Waals surface area contributed by atoms with Crippen molar-refractivity contribution in [2.75, 3.05) is 11.9 Å². The third-order valence-electron chi connectivity index (χ3n) is 4.81. The Hall–Kier alpha value is -4.30. The van der Waals surface area contributed by atoms with Gasteiger partial charge >= 0.3 is 0 Å². The van der Waals surface area contributed by atoms with Crippen LogP contribution in [0.25, 0.3) is 11.0 Å². The second-order valence-corrected chi connectivity index (χ2v) is 7.30. The molecule has 168 valence electrons. The molecule has 0 saturated carbocycles. The van der Waals surface area contributed by atoms with E-state index in [4.69, 9.17) is 19.1 Å². The summed E-state index contributed by atoms with van der Waals surface area (Å²) in [6, 6.07) is 22.5. The maximum Gasteiger partial charge on any atom is 0.291 e. The molecule has 0 spiro atoms. The number of para-hydroxylation sites is 3. The van der Waals surface area contributed by atoms with E-state index in [-0.39, 0.29) is 24.4 Å². The lowest BCUT2D eigenvalue weighted by molar-refractivity contribution is 0.0706. The molecule has 1 unspecified atom stereocenters. The van der Waals surface area contributed by atoms with Crippen molar-refractivity contribution in [3.63, 3.8) is 0 Å². The Morgan fingerprint density at radius 2 is 1.70 bits per heavy atom. The summed E-state index contributed by atoms with van der Waals surface area (Å²) in [7, 11) is 0. The van der Waals surface area contributed by atoms with Crippen LogP contribution in [0.1, 0.15) is 27.8 Å². The second kappa shape index (κ2) is 9.88. The SMILES string of the molecule is CC(COc1ccccc1NC(=O)c1cc2ccccc2o1)Oc1ccc(C(=O)NO)cc1. The van der Waals surface area contributed by atoms with Crippen LogP contribution in [0.3, 0.4) is 0 Å². The van der Waals surface area contributed by atoms with Gasteiger partial charge in [0, 0.05) is 10.9 Å². The van der Waals surface area contributed by atoms with Gasteiger partial charge in [-0.15, -0.1) is 0 Å². The quantitative estimate of drug-likeness (QED) is 0.268. The molecule has 1 atom stereocenters. The fourth-order valence-electron chi connectivity index (χ4n) is 3.20. The summed E-state index contributed by atoms with van der Waals surface area (Å²) in [5, 5.41) is 12.4. The fraction of sp³-hybridized carbons (Fsp3) is 0.120. The zero-order valence-corrected chi connectivity index (χ0v) is 17.8. The highest BCUT2D eigenvalue weighted by molar-refractivity contribution is 6.05. The Morgan fingerprint density at radius 3 is 2.45 bits per heavy atom. The van der Waals surface area contributed by atoms with Crippen LogP contribution in [0.2, 0.25) is 0 Å². The predicted molar refractivity (Wildman–Crippen MR) is 122 cm³/mol. The highest BCUT2D eigenvalue weighted by atomic mass is 16.5. The van der Waals surface area contributed by atoms with E-state index in [9.17, 15) is 9.59 Å². The molecule has 0 aliphatic heterocycles. The van der Waals surface area contributed by atoms with Gasteiger partial charge in [0.2, 0.25) is 0 Å². The van der Waals surface area contributed by atoms with Crippen molar-refractivity contribution in [2.24, 2.45) is 0 Å². The molecule has 0 saturated heterocycles. The van der Waals surface area contributed by atoms with E-state index in [0.29, 0.717) is 28.3 Å². The Morgan fingerprint density at radius 1 is 0.970 bits per heavy atom. The summed E-state index contributed by atoms with van der Waals surface area (Å²) in [6.07, 6.45) is -0.318. The van der Waals surface area contributed by atoms with Crippen LogP contribution in [0.15, 0.2) is 83.3 Å². The molecule has 4 aromatic rings. The first-order valence-corrected chi connectivity index (χ1v) is 10.3. The van der Waals surface area contributed by atoms with Crippen molar-refractivity contribution in [1.82, 2.24) is 5.48 Å². The fourth-order valence-corrected chi connectivity index (χ4v) is 3.20. The number of ether oxygens (including phenoxy) is 2. The molecule has 3 aromatic carbocycles. The molecule has 33 heavy (non-hydrogen) atoms. The van der Waals surface area contributed by atoms with Gasteiger partial charge in [0.15, 0.2) is 5.76 Å². The van der Waals surface area contributed by atoms with Crippen LogP contribution in [-0.4, -0.2) is 29.7 Å². The van der Waals surface area contributed by atoms with Crippen LogP contribution in [0.4, 0.5) is 5.69 Å². The van der Waals surface area contributed by atoms with E-state index < -0.39 is 5.91 Å². The molecule has 8 nitrogen and oxygen atoms in total. The van der Waals surface area contributed by atoms with Gasteiger partial charge in [-0.1, -0.05) is 30.3 Å². The minimum Gasteiger partial charge on any atom is -0.488 e. The number of amides is 2. The Balaban J connectivity index is 1.37. The third-order valence-corrected chi connectivity index (χ3v) is 4.81. The van der Waals surface area contributed by atoms with Gasteiger partial charge in [0.1, 0.15) is 29.8 Å². The minimum absolute atomic E-state index is 0.209. The van der Waals surface area contributed by atoms with Crippen LogP contribution < -0.4 is 20.3 Å². The van der Waals surface area contributed by atoms with E-state index in [2.05, 4.69) is 5.32 Å². The summed E-state index contributed by atoms with van der Waals surface area (Å²) in [4.78, 5) is 24.1. The lowest BCUT2D eigenvalue weighted by atomic mass is 10.2. The number of carbonyl (C=O) groups excluding carboxylic acids is 2. The molecular formula is C25H22N2O6. The lowest BCUT2D eigenvalue weighted by Gasteiger charge is -2.17. The van der Waals surface area contributed by atoms with Gasteiger partial charge in [-0.2, -0.15) is 0 Å². The Labute approximate surface area is 189 Å². The van der Waals surface area contributed by atoms with Crippen molar-refractivity contribution in [1.29, 1.82) is 0 Å². The lowest BCUT2D eigenvalue weighted by Crippen LogP contribution is -2.22. The number of hydrogen-bond donors (Lipinski definition) is 3. The van der Waals surface area contributed by atoms with E-state index in [0.717, 1.165) is 5.39 Å². The molecular weight excluding hydrogens is 424 g/mol. The van der Waals surface area contributed by atoms with Gasteiger partial charge in [-0.3, -0.25) is 14.8 Å². The first-order valence-electron chi connectivity index (χ1n) is 10.3. The molecule has 3 N–H and O–H groups in total. The van der Waals surface area contributed by atoms with E-state index in [1.54, 1.807) is 47.9 Å². The zero-order chi connectivity index (χ0) is 23.2. The van der Waals surface area contributed by atoms with Gasteiger partial charge in [-0.25, -0.2) is 5.48 Å². The number of carbonyl (C=O) groups is 2. The summed E-state index contributed by atoms with van der Waals surface area (Å²) in [5.74, 6) is 0.276. The maximum absolute atomic E-state index is 12.7. The smallest absolute Gasteiger partial charge is 0.291 e. The Kier molecular flexibility index (Phi) is 6.56. The van der Waals surface area contributed by atoms with Crippen molar-refractivity contribution < 1.29 is 28.7 Å². The highest BCUT2D eigenvalue weighted by Crippen LogP contribution is 2.26. The number of nitrogens with one attached hydrogen (secondary N) is 2. The van der Waals surface area contributed by atoms with Crippen LogP contribution in [-0.2, 0) is 0 Å². The average Bonchev–Trinajstić information content (AvgIpc) is 3.28. The monoisotopic (exact) mass is 446 g/mol. The molecule has 1 heterocycles. The highest BCUT2D eigenvalue weighted by Gasteiger charge is 2.15. The van der Waals surface area contributed by atoms with Gasteiger partial charge in [0.25, 0.3) is 11.8 Å². The topological polar surface area (TPSA) is 110 Å². The number of hydroxylamine groups is 1. The molecule has 8 heteroatoms. The number of furan rings is 1. The molecule has 0 bridgehead atoms. The molecule has 2 amide bonds. The minimum atomic E-state index is -0.598. The van der Waals surface area contributed by atoms with Crippen LogP contribution in [0.5, 0.6) is 11.5 Å². The standard InChI is InChI=1S/C25H22N2O6/c1-16(32-19-12-10-17(11-13-19)24(28)27-30)15-31-22-9-5-3-7-20(22)26-25(29)23-14-18-6-2-4-8-21(18)33-23/h2-14,16,30H,15H2,1H3,(H,26,29)(H,27,28). The molecule has 0 radical (unpaired) electrons. The van der Waals surface area contributed by atoms with Crippen molar-refractivity contribution >= 4 is 28.5 Å². The maximum atomic E-state index is 12.7. The Bertz CT molecular complexity index is 1230. The number of fused-ring (bicyclic) bond motifs is 1. The summed E-state index contributed by atoms with van der Waals surface area (Å²) in [6.45, 7) is 2.06. The number of benzene rings is 3. The van der Waals surface area contributed by atoms with E-state index >= 15 is 0 Å². The zero-order valence-electron chi connectivity index (χ0n) is 17.8. The normalized spacial score (nSPS) is 11.6. The van der Waals surface area contributed by atoms with Gasteiger partial charge in [-0.05, 0) is 55.5 Å². The van der Waals surface area contributed by atoms with E-state index in [1.807, 2.05) is 31.2 Å². The van der Waals surface area contributed by atoms with Gasteiger partial charge in [0.05, 0.1) is 5.69 Å². The van der Waals surface area contributed by atoms with Crippen molar-refractivity contribution in [2.45, 2.75) is 13.0 Å². The predicted octanol–water partition coefficient (Wildman–Crippen LogP) is 4.65. The third kappa shape index (κ3) is 5.31. The molecule has 0 aliphatic rings. The molecule has 0 fully saturated rings. The molecule has 1 aromatic heterocycles. The molecule has 4 rings (SSSR count). The van der Waals surface area contributed by atoms with Crippen LogP contribution >= 0.6 is 0 Å². The number of hydrogen-bond acceptors (Lipinski definition) is 6. The van der Waals surface area contributed by atoms with E-state index in [1.165, 1.54) is 12.1 Å². The first-order chi connectivity index (χ1) is 16.0. The number of anilines is 1. The summed E-state index contributed by atoms with van der Waals surface area (Å²) < 4.78 is 17.3. The second-order valence-electron chi connectivity index (χ2n) is 7.30. The average molecular weight is 446 g/mol. The first kappa shape index (κ1) is 21.9. The summed E-state index contributed by atoms with van der Waals surface area (Å²) in [5.41, 5.74) is 3.04. The van der Waals surface area contributed by atoms with Crippen molar-refractivity contribution in [3.8, 4) is 11.5 Å². The van der Waals surface area contributed by atoms with Crippen molar-refractivity contribution in [3.05, 3.63) is 90.2 Å².